The molecule has 0 aliphatic carbocycles. The quantitative estimate of drug-likeness (QED) is 0.746. The molecule has 0 spiro atoms. The number of benzene rings is 1. The zero-order valence-corrected chi connectivity index (χ0v) is 9.86. The van der Waals surface area contributed by atoms with Crippen molar-refractivity contribution in [1.29, 1.82) is 0 Å². The molecule has 0 aliphatic heterocycles. The van der Waals surface area contributed by atoms with Gasteiger partial charge in [-0.05, 0) is 31.0 Å². The van der Waals surface area contributed by atoms with Crippen molar-refractivity contribution in [2.45, 2.75) is 26.3 Å². The number of carboxylic acid groups (broad SMARTS) is 1. The van der Waals surface area contributed by atoms with Crippen molar-refractivity contribution >= 4 is 17.7 Å². The van der Waals surface area contributed by atoms with E-state index < -0.39 is 18.0 Å². The van der Waals surface area contributed by atoms with Gasteiger partial charge in [0.15, 0.2) is 0 Å². The molecule has 5 heteroatoms. The first kappa shape index (κ1) is 13.0. The van der Waals surface area contributed by atoms with Crippen LogP contribution in [0.1, 0.15) is 19.4 Å². The lowest BCUT2D eigenvalue weighted by atomic mass is 10.1. The fourth-order valence-corrected chi connectivity index (χ4v) is 1.29. The van der Waals surface area contributed by atoms with Gasteiger partial charge in [-0.15, -0.1) is 0 Å². The van der Waals surface area contributed by atoms with E-state index in [4.69, 9.17) is 5.11 Å². The molecule has 0 aliphatic rings. The van der Waals surface area contributed by atoms with Crippen molar-refractivity contribution in [2.75, 3.05) is 5.32 Å². The molecular weight excluding hydrogens is 220 g/mol. The third kappa shape index (κ3) is 4.14. The average Bonchev–Trinajstić information content (AvgIpc) is 2.28. The normalized spacial score (nSPS) is 11.6. The third-order valence-electron chi connectivity index (χ3n) is 2.31. The van der Waals surface area contributed by atoms with Crippen molar-refractivity contribution in [3.63, 3.8) is 0 Å². The lowest BCUT2D eigenvalue weighted by Gasteiger charge is -2.11. The lowest BCUT2D eigenvalue weighted by Crippen LogP contribution is -2.40. The highest BCUT2D eigenvalue weighted by molar-refractivity contribution is 5.92. The maximum atomic E-state index is 11.4. The summed E-state index contributed by atoms with van der Waals surface area (Å²) in [4.78, 5) is 22.0. The largest absolute Gasteiger partial charge is 0.480 e. The van der Waals surface area contributed by atoms with Crippen LogP contribution in [0, 0.1) is 0 Å². The smallest absolute Gasteiger partial charge is 0.325 e. The van der Waals surface area contributed by atoms with Crippen LogP contribution in [-0.4, -0.2) is 23.1 Å². The molecule has 5 nitrogen and oxygen atoms in total. The minimum Gasteiger partial charge on any atom is -0.480 e. The van der Waals surface area contributed by atoms with E-state index >= 15 is 0 Å². The molecule has 1 rings (SSSR count). The number of nitrogens with one attached hydrogen (secondary N) is 2. The summed E-state index contributed by atoms with van der Waals surface area (Å²) in [5, 5.41) is 13.5. The standard InChI is InChI=1S/C12H16N2O3/c1-3-9-5-4-6-10(7-9)14-12(17)13-8(2)11(15)16/h4-8H,3H2,1-2H3,(H,15,16)(H2,13,14,17). The summed E-state index contributed by atoms with van der Waals surface area (Å²) in [6.45, 7) is 3.43. The number of carbonyl (C=O) groups is 2. The number of anilines is 1. The van der Waals surface area contributed by atoms with Gasteiger partial charge >= 0.3 is 12.0 Å². The van der Waals surface area contributed by atoms with Crippen LogP contribution in [-0.2, 0) is 11.2 Å². The van der Waals surface area contributed by atoms with E-state index in [9.17, 15) is 9.59 Å². The molecule has 0 radical (unpaired) electrons. The highest BCUT2D eigenvalue weighted by Gasteiger charge is 2.13. The first-order chi connectivity index (χ1) is 8.02. The molecule has 0 bridgehead atoms. The Bertz CT molecular complexity index is 418. The Morgan fingerprint density at radius 2 is 2.12 bits per heavy atom. The topological polar surface area (TPSA) is 78.4 Å². The zero-order chi connectivity index (χ0) is 12.8. The van der Waals surface area contributed by atoms with Crippen molar-refractivity contribution in [1.82, 2.24) is 5.32 Å². The Kier molecular flexibility index (Phi) is 4.51. The molecule has 17 heavy (non-hydrogen) atoms. The number of carbonyl (C=O) groups excluding carboxylic acids is 1. The molecular formula is C12H16N2O3. The van der Waals surface area contributed by atoms with E-state index in [1.807, 2.05) is 25.1 Å². The van der Waals surface area contributed by atoms with E-state index in [2.05, 4.69) is 10.6 Å². The van der Waals surface area contributed by atoms with Gasteiger partial charge in [-0.1, -0.05) is 19.1 Å². The summed E-state index contributed by atoms with van der Waals surface area (Å²) in [6.07, 6.45) is 0.878. The van der Waals surface area contributed by atoms with E-state index in [0.717, 1.165) is 12.0 Å². The predicted octanol–water partition coefficient (Wildman–Crippen LogP) is 1.84. The second kappa shape index (κ2) is 5.89. The Balaban J connectivity index is 2.58. The van der Waals surface area contributed by atoms with Gasteiger partial charge in [0.2, 0.25) is 0 Å². The van der Waals surface area contributed by atoms with Gasteiger partial charge in [-0.25, -0.2) is 4.79 Å². The molecule has 1 aromatic carbocycles. The van der Waals surface area contributed by atoms with Crippen LogP contribution in [0.5, 0.6) is 0 Å². The van der Waals surface area contributed by atoms with Gasteiger partial charge < -0.3 is 15.7 Å². The number of urea groups is 1. The maximum Gasteiger partial charge on any atom is 0.325 e. The summed E-state index contributed by atoms with van der Waals surface area (Å²) in [7, 11) is 0. The van der Waals surface area contributed by atoms with Crippen LogP contribution in [0.2, 0.25) is 0 Å². The number of hydrogen-bond donors (Lipinski definition) is 3. The number of rotatable bonds is 4. The predicted molar refractivity (Wildman–Crippen MR) is 65.1 cm³/mol. The second-order valence-electron chi connectivity index (χ2n) is 3.71. The van der Waals surface area contributed by atoms with Crippen molar-refractivity contribution in [3.05, 3.63) is 29.8 Å². The Morgan fingerprint density at radius 1 is 1.41 bits per heavy atom. The summed E-state index contributed by atoms with van der Waals surface area (Å²) in [6, 6.07) is 5.98. The summed E-state index contributed by atoms with van der Waals surface area (Å²) >= 11 is 0. The SMILES string of the molecule is CCc1cccc(NC(=O)NC(C)C(=O)O)c1. The number of amides is 2. The molecule has 0 saturated heterocycles. The van der Waals surface area contributed by atoms with Gasteiger partial charge in [-0.3, -0.25) is 4.79 Å². The Labute approximate surface area is 99.8 Å². The average molecular weight is 236 g/mol. The summed E-state index contributed by atoms with van der Waals surface area (Å²) in [5.74, 6) is -1.07. The number of carboxylic acids is 1. The molecule has 0 aromatic heterocycles. The molecule has 3 N–H and O–H groups in total. The van der Waals surface area contributed by atoms with Crippen molar-refractivity contribution < 1.29 is 14.7 Å². The van der Waals surface area contributed by atoms with Gasteiger partial charge in [0, 0.05) is 5.69 Å². The Hall–Kier alpha value is -2.04. The number of aryl methyl sites for hydroxylation is 1. The molecule has 1 aromatic rings. The highest BCUT2D eigenvalue weighted by atomic mass is 16.4. The maximum absolute atomic E-state index is 11.4. The molecule has 1 unspecified atom stereocenters. The minimum atomic E-state index is -1.07. The summed E-state index contributed by atoms with van der Waals surface area (Å²) < 4.78 is 0. The van der Waals surface area contributed by atoms with Gasteiger partial charge in [0.25, 0.3) is 0 Å². The van der Waals surface area contributed by atoms with E-state index in [0.29, 0.717) is 5.69 Å². The lowest BCUT2D eigenvalue weighted by molar-refractivity contribution is -0.138. The number of aliphatic carboxylic acids is 1. The van der Waals surface area contributed by atoms with Crippen LogP contribution in [0.3, 0.4) is 0 Å². The van der Waals surface area contributed by atoms with Gasteiger partial charge in [-0.2, -0.15) is 0 Å². The monoisotopic (exact) mass is 236 g/mol. The molecule has 1 atom stereocenters. The van der Waals surface area contributed by atoms with Crippen LogP contribution in [0.25, 0.3) is 0 Å². The molecule has 0 heterocycles. The van der Waals surface area contributed by atoms with Crippen LogP contribution < -0.4 is 10.6 Å². The highest BCUT2D eigenvalue weighted by Crippen LogP contribution is 2.10. The first-order valence-electron chi connectivity index (χ1n) is 5.42. The van der Waals surface area contributed by atoms with Gasteiger partial charge in [0.1, 0.15) is 6.04 Å². The van der Waals surface area contributed by atoms with Gasteiger partial charge in [0.05, 0.1) is 0 Å². The molecule has 2 amide bonds. The Morgan fingerprint density at radius 3 is 2.71 bits per heavy atom. The minimum absolute atomic E-state index is 0.520. The van der Waals surface area contributed by atoms with Crippen molar-refractivity contribution in [3.8, 4) is 0 Å². The molecule has 92 valence electrons. The fourth-order valence-electron chi connectivity index (χ4n) is 1.29. The zero-order valence-electron chi connectivity index (χ0n) is 9.86. The van der Waals surface area contributed by atoms with E-state index in [1.165, 1.54) is 6.92 Å². The molecule has 0 fully saturated rings. The van der Waals surface area contributed by atoms with E-state index in [-0.39, 0.29) is 0 Å². The summed E-state index contributed by atoms with van der Waals surface area (Å²) in [5.41, 5.74) is 1.76. The first-order valence-corrected chi connectivity index (χ1v) is 5.42. The fraction of sp³-hybridized carbons (Fsp3) is 0.333. The van der Waals surface area contributed by atoms with Crippen LogP contribution in [0.4, 0.5) is 10.5 Å². The third-order valence-corrected chi connectivity index (χ3v) is 2.31. The number of hydrogen-bond acceptors (Lipinski definition) is 2. The second-order valence-corrected chi connectivity index (χ2v) is 3.71. The molecule has 0 saturated carbocycles. The van der Waals surface area contributed by atoms with Crippen LogP contribution in [0.15, 0.2) is 24.3 Å². The van der Waals surface area contributed by atoms with Crippen molar-refractivity contribution in [2.24, 2.45) is 0 Å². The van der Waals surface area contributed by atoms with Crippen LogP contribution >= 0.6 is 0 Å². The van der Waals surface area contributed by atoms with E-state index in [1.54, 1.807) is 6.07 Å².